The Hall–Kier alpha value is 0.0100. The van der Waals surface area contributed by atoms with Crippen LogP contribution in [-0.4, -0.2) is 11.8 Å². The van der Waals surface area contributed by atoms with Gasteiger partial charge >= 0.3 is 0 Å². The van der Waals surface area contributed by atoms with E-state index in [-0.39, 0.29) is 0 Å². The Morgan fingerprint density at radius 3 is 2.94 bits per heavy atom. The third-order valence-corrected chi connectivity index (χ3v) is 6.16. The second-order valence-electron chi connectivity index (χ2n) is 5.26. The van der Waals surface area contributed by atoms with Gasteiger partial charge < -0.3 is 5.32 Å². The maximum Gasteiger partial charge on any atom is 0.0649 e. The van der Waals surface area contributed by atoms with Crippen molar-refractivity contribution in [3.63, 3.8) is 0 Å². The van der Waals surface area contributed by atoms with E-state index < -0.39 is 0 Å². The SMILES string of the molecule is CC1CC1CNC1C[C@H](C)Sc2sccc21. The zero-order chi connectivity index (χ0) is 11.1. The standard InChI is InChI=1S/C13H19NS2/c1-8-5-10(8)7-14-12-6-9(2)16-13-11(12)3-4-15-13/h3-4,8-10,12,14H,5-7H2,1-2H3/t8?,9-,10?,12?/m0/s1. The lowest BCUT2D eigenvalue weighted by Gasteiger charge is -2.27. The highest BCUT2D eigenvalue weighted by Crippen LogP contribution is 2.44. The van der Waals surface area contributed by atoms with Crippen LogP contribution in [-0.2, 0) is 0 Å². The molecule has 1 aliphatic heterocycles. The lowest BCUT2D eigenvalue weighted by atomic mass is 10.0. The normalized spacial score (nSPS) is 37.1. The molecule has 0 amide bonds. The van der Waals surface area contributed by atoms with Crippen LogP contribution in [0.1, 0.15) is 38.3 Å². The first kappa shape index (κ1) is 11.1. The molecule has 1 fully saturated rings. The van der Waals surface area contributed by atoms with Crippen molar-refractivity contribution in [2.45, 2.75) is 42.2 Å². The molecule has 0 saturated heterocycles. The average molecular weight is 253 g/mol. The summed E-state index contributed by atoms with van der Waals surface area (Å²) in [5, 5.41) is 6.78. The summed E-state index contributed by atoms with van der Waals surface area (Å²) in [6.07, 6.45) is 2.72. The van der Waals surface area contributed by atoms with Gasteiger partial charge in [0.25, 0.3) is 0 Å². The number of fused-ring (bicyclic) bond motifs is 1. The van der Waals surface area contributed by atoms with Crippen molar-refractivity contribution in [1.29, 1.82) is 0 Å². The molecule has 1 aromatic heterocycles. The molecule has 3 rings (SSSR count). The molecule has 16 heavy (non-hydrogen) atoms. The van der Waals surface area contributed by atoms with Crippen LogP contribution in [0.25, 0.3) is 0 Å². The van der Waals surface area contributed by atoms with E-state index in [1.807, 2.05) is 11.3 Å². The van der Waals surface area contributed by atoms with E-state index in [0.29, 0.717) is 6.04 Å². The minimum atomic E-state index is 0.616. The molecule has 4 atom stereocenters. The molecule has 0 bridgehead atoms. The molecule has 88 valence electrons. The van der Waals surface area contributed by atoms with Crippen LogP contribution in [0.2, 0.25) is 0 Å². The summed E-state index contributed by atoms with van der Waals surface area (Å²) in [6.45, 7) is 5.93. The van der Waals surface area contributed by atoms with E-state index in [1.54, 1.807) is 9.77 Å². The van der Waals surface area contributed by atoms with Gasteiger partial charge in [0, 0.05) is 11.3 Å². The molecule has 2 aliphatic rings. The number of hydrogen-bond donors (Lipinski definition) is 1. The van der Waals surface area contributed by atoms with Gasteiger partial charge in [0.05, 0.1) is 4.21 Å². The van der Waals surface area contributed by atoms with E-state index in [1.165, 1.54) is 19.4 Å². The zero-order valence-electron chi connectivity index (χ0n) is 9.90. The van der Waals surface area contributed by atoms with Crippen molar-refractivity contribution in [3.05, 3.63) is 17.0 Å². The van der Waals surface area contributed by atoms with Crippen LogP contribution in [0.3, 0.4) is 0 Å². The van der Waals surface area contributed by atoms with Crippen LogP contribution in [0.15, 0.2) is 15.7 Å². The number of nitrogens with one attached hydrogen (secondary N) is 1. The lowest BCUT2D eigenvalue weighted by molar-refractivity contribution is 0.469. The summed E-state index contributed by atoms with van der Waals surface area (Å²) in [5.74, 6) is 1.91. The predicted octanol–water partition coefficient (Wildman–Crippen LogP) is 3.92. The first-order chi connectivity index (χ1) is 7.74. The monoisotopic (exact) mass is 253 g/mol. The Balaban J connectivity index is 1.66. The molecule has 1 nitrogen and oxygen atoms in total. The Kier molecular flexibility index (Phi) is 3.03. The Morgan fingerprint density at radius 2 is 2.19 bits per heavy atom. The quantitative estimate of drug-likeness (QED) is 0.876. The number of rotatable bonds is 3. The number of thioether (sulfide) groups is 1. The van der Waals surface area contributed by atoms with Gasteiger partial charge in [0.1, 0.15) is 0 Å². The van der Waals surface area contributed by atoms with E-state index >= 15 is 0 Å². The van der Waals surface area contributed by atoms with Gasteiger partial charge in [0.15, 0.2) is 0 Å². The highest BCUT2D eigenvalue weighted by Gasteiger charge is 2.33. The lowest BCUT2D eigenvalue weighted by Crippen LogP contribution is -2.28. The molecule has 0 aromatic carbocycles. The molecule has 3 unspecified atom stereocenters. The Labute approximate surface area is 106 Å². The molecule has 1 saturated carbocycles. The van der Waals surface area contributed by atoms with Crippen molar-refractivity contribution in [3.8, 4) is 0 Å². The van der Waals surface area contributed by atoms with Crippen molar-refractivity contribution < 1.29 is 0 Å². The van der Waals surface area contributed by atoms with Crippen LogP contribution < -0.4 is 5.32 Å². The van der Waals surface area contributed by atoms with Gasteiger partial charge in [-0.2, -0.15) is 0 Å². The fourth-order valence-electron chi connectivity index (χ4n) is 2.52. The highest BCUT2D eigenvalue weighted by molar-refractivity contribution is 8.01. The molecule has 1 aliphatic carbocycles. The largest absolute Gasteiger partial charge is 0.310 e. The van der Waals surface area contributed by atoms with Gasteiger partial charge in [-0.3, -0.25) is 0 Å². The second-order valence-corrected chi connectivity index (χ2v) is 7.88. The molecule has 2 heterocycles. The second kappa shape index (κ2) is 4.35. The Morgan fingerprint density at radius 1 is 1.38 bits per heavy atom. The summed E-state index contributed by atoms with van der Waals surface area (Å²) in [6, 6.07) is 2.93. The van der Waals surface area contributed by atoms with Crippen LogP contribution in [0, 0.1) is 11.8 Å². The minimum Gasteiger partial charge on any atom is -0.310 e. The molecule has 1 aromatic rings. The summed E-state index contributed by atoms with van der Waals surface area (Å²) in [5.41, 5.74) is 1.56. The average Bonchev–Trinajstić information content (AvgIpc) is 2.76. The molecular weight excluding hydrogens is 234 g/mol. The van der Waals surface area contributed by atoms with E-state index in [0.717, 1.165) is 17.1 Å². The number of hydrogen-bond acceptors (Lipinski definition) is 3. The third-order valence-electron chi connectivity index (χ3n) is 3.81. The maximum absolute atomic E-state index is 3.78. The summed E-state index contributed by atoms with van der Waals surface area (Å²) >= 11 is 3.96. The fraction of sp³-hybridized carbons (Fsp3) is 0.692. The smallest absolute Gasteiger partial charge is 0.0649 e. The molecule has 0 spiro atoms. The summed E-state index contributed by atoms with van der Waals surface area (Å²) < 4.78 is 1.54. The van der Waals surface area contributed by atoms with Crippen LogP contribution >= 0.6 is 23.1 Å². The first-order valence-corrected chi connectivity index (χ1v) is 7.97. The Bertz CT molecular complexity index is 374. The zero-order valence-corrected chi connectivity index (χ0v) is 11.5. The van der Waals surface area contributed by atoms with Crippen molar-refractivity contribution in [1.82, 2.24) is 5.32 Å². The minimum absolute atomic E-state index is 0.616. The number of thiophene rings is 1. The fourth-order valence-corrected chi connectivity index (χ4v) is 5.09. The van der Waals surface area contributed by atoms with Crippen molar-refractivity contribution in [2.75, 3.05) is 6.54 Å². The van der Waals surface area contributed by atoms with Crippen LogP contribution in [0.4, 0.5) is 0 Å². The molecule has 3 heteroatoms. The topological polar surface area (TPSA) is 12.0 Å². The van der Waals surface area contributed by atoms with Gasteiger partial charge in [-0.25, -0.2) is 0 Å². The van der Waals surface area contributed by atoms with Gasteiger partial charge in [-0.15, -0.1) is 23.1 Å². The molecule has 1 N–H and O–H groups in total. The van der Waals surface area contributed by atoms with E-state index in [9.17, 15) is 0 Å². The van der Waals surface area contributed by atoms with Crippen LogP contribution in [0.5, 0.6) is 0 Å². The van der Waals surface area contributed by atoms with Gasteiger partial charge in [-0.1, -0.05) is 13.8 Å². The van der Waals surface area contributed by atoms with Gasteiger partial charge in [-0.05, 0) is 48.2 Å². The van der Waals surface area contributed by atoms with Gasteiger partial charge in [0.2, 0.25) is 0 Å². The highest BCUT2D eigenvalue weighted by atomic mass is 32.2. The first-order valence-electron chi connectivity index (χ1n) is 6.21. The third kappa shape index (κ3) is 2.18. The summed E-state index contributed by atoms with van der Waals surface area (Å²) in [4.78, 5) is 0. The maximum atomic E-state index is 3.78. The van der Waals surface area contributed by atoms with E-state index in [2.05, 4.69) is 42.4 Å². The summed E-state index contributed by atoms with van der Waals surface area (Å²) in [7, 11) is 0. The van der Waals surface area contributed by atoms with Crippen molar-refractivity contribution >= 4 is 23.1 Å². The molecule has 0 radical (unpaired) electrons. The predicted molar refractivity (Wildman–Crippen MR) is 72.3 cm³/mol. The van der Waals surface area contributed by atoms with E-state index in [4.69, 9.17) is 0 Å². The van der Waals surface area contributed by atoms with Crippen molar-refractivity contribution in [2.24, 2.45) is 11.8 Å². The molecular formula is C13H19NS2.